The predicted octanol–water partition coefficient (Wildman–Crippen LogP) is 0.748. The van der Waals surface area contributed by atoms with E-state index in [-0.39, 0.29) is 24.4 Å². The highest BCUT2D eigenvalue weighted by Crippen LogP contribution is 2.08. The van der Waals surface area contributed by atoms with Gasteiger partial charge in [0.05, 0.1) is 0 Å². The van der Waals surface area contributed by atoms with Crippen molar-refractivity contribution in [1.29, 1.82) is 0 Å². The molecule has 1 rings (SSSR count). The zero-order valence-electron chi connectivity index (χ0n) is 10.1. The first-order chi connectivity index (χ1) is 7.22. The number of piperidine rings is 1. The number of nitrogens with two attached hydrogens (primary N) is 1. The van der Waals surface area contributed by atoms with E-state index in [9.17, 15) is 4.79 Å². The molecule has 1 unspecified atom stereocenters. The summed E-state index contributed by atoms with van der Waals surface area (Å²) in [6.45, 7) is 5.82. The molecular weight excluding hydrogens is 226 g/mol. The molecule has 16 heavy (non-hydrogen) atoms. The first-order valence-electron chi connectivity index (χ1n) is 5.94. The van der Waals surface area contributed by atoms with E-state index in [1.165, 1.54) is 32.4 Å². The average molecular weight is 250 g/mol. The second-order valence-electron chi connectivity index (χ2n) is 4.37. The maximum Gasteiger partial charge on any atom is 0.221 e. The van der Waals surface area contributed by atoms with Crippen LogP contribution < -0.4 is 11.1 Å². The van der Waals surface area contributed by atoms with Crippen molar-refractivity contribution in [1.82, 2.24) is 10.2 Å². The smallest absolute Gasteiger partial charge is 0.221 e. The van der Waals surface area contributed by atoms with E-state index in [1.54, 1.807) is 0 Å². The second-order valence-corrected chi connectivity index (χ2v) is 4.37. The summed E-state index contributed by atoms with van der Waals surface area (Å²) in [4.78, 5) is 13.7. The van der Waals surface area contributed by atoms with Crippen LogP contribution in [0.5, 0.6) is 0 Å². The average Bonchev–Trinajstić information content (AvgIpc) is 2.19. The van der Waals surface area contributed by atoms with Crippen molar-refractivity contribution < 1.29 is 4.79 Å². The van der Waals surface area contributed by atoms with Crippen LogP contribution in [-0.4, -0.2) is 43.0 Å². The highest BCUT2D eigenvalue weighted by molar-refractivity contribution is 5.85. The van der Waals surface area contributed by atoms with Crippen molar-refractivity contribution in [2.24, 2.45) is 5.73 Å². The molecule has 5 heteroatoms. The first kappa shape index (κ1) is 15.7. The van der Waals surface area contributed by atoms with Crippen LogP contribution in [0.1, 0.15) is 32.6 Å². The molecule has 0 spiro atoms. The molecule has 0 aromatic heterocycles. The molecule has 0 saturated carbocycles. The summed E-state index contributed by atoms with van der Waals surface area (Å²) in [6, 6.07) is 0.238. The molecule has 0 aromatic carbocycles. The van der Waals surface area contributed by atoms with Crippen LogP contribution in [0.25, 0.3) is 0 Å². The van der Waals surface area contributed by atoms with Crippen molar-refractivity contribution >= 4 is 18.3 Å². The van der Waals surface area contributed by atoms with Gasteiger partial charge in [0, 0.05) is 25.6 Å². The Bertz CT molecular complexity index is 196. The standard InChI is InChI=1S/C11H23N3O.ClH/c1-10(13-11(15)5-6-12)9-14-7-3-2-4-8-14;/h10H,2-9,12H2,1H3,(H,13,15);1H. The van der Waals surface area contributed by atoms with Gasteiger partial charge in [0.1, 0.15) is 0 Å². The van der Waals surface area contributed by atoms with E-state index in [4.69, 9.17) is 5.73 Å². The van der Waals surface area contributed by atoms with Gasteiger partial charge in [-0.2, -0.15) is 0 Å². The molecular formula is C11H24ClN3O. The van der Waals surface area contributed by atoms with E-state index in [1.807, 2.05) is 0 Å². The SMILES string of the molecule is CC(CN1CCCCC1)NC(=O)CCN.Cl. The van der Waals surface area contributed by atoms with Crippen molar-refractivity contribution in [3.8, 4) is 0 Å². The Labute approximate surface area is 104 Å². The first-order valence-corrected chi connectivity index (χ1v) is 5.94. The third-order valence-corrected chi connectivity index (χ3v) is 2.76. The number of rotatable bonds is 5. The molecule has 4 nitrogen and oxygen atoms in total. The normalized spacial score (nSPS) is 18.6. The molecule has 1 amide bonds. The Morgan fingerprint density at radius 1 is 1.38 bits per heavy atom. The molecule has 96 valence electrons. The summed E-state index contributed by atoms with van der Waals surface area (Å²) in [5, 5.41) is 2.97. The molecule has 0 bridgehead atoms. The van der Waals surface area contributed by atoms with Gasteiger partial charge in [-0.1, -0.05) is 6.42 Å². The minimum atomic E-state index is 0. The summed E-state index contributed by atoms with van der Waals surface area (Å²) >= 11 is 0. The van der Waals surface area contributed by atoms with Crippen LogP contribution in [-0.2, 0) is 4.79 Å². The molecule has 1 atom stereocenters. The summed E-state index contributed by atoms with van der Waals surface area (Å²) in [5.41, 5.74) is 5.32. The zero-order valence-corrected chi connectivity index (χ0v) is 10.9. The zero-order chi connectivity index (χ0) is 11.1. The van der Waals surface area contributed by atoms with Gasteiger partial charge in [0.2, 0.25) is 5.91 Å². The Kier molecular flexibility index (Phi) is 8.61. The lowest BCUT2D eigenvalue weighted by atomic mass is 10.1. The number of nitrogens with one attached hydrogen (secondary N) is 1. The molecule has 3 N–H and O–H groups in total. The molecule has 0 radical (unpaired) electrons. The van der Waals surface area contributed by atoms with Gasteiger partial charge in [-0.25, -0.2) is 0 Å². The lowest BCUT2D eigenvalue weighted by molar-refractivity contribution is -0.121. The van der Waals surface area contributed by atoms with Crippen molar-refractivity contribution in [3.63, 3.8) is 0 Å². The third kappa shape index (κ3) is 6.30. The Hall–Kier alpha value is -0.320. The highest BCUT2D eigenvalue weighted by atomic mass is 35.5. The van der Waals surface area contributed by atoms with Crippen molar-refractivity contribution in [3.05, 3.63) is 0 Å². The van der Waals surface area contributed by atoms with Crippen LogP contribution >= 0.6 is 12.4 Å². The Morgan fingerprint density at radius 2 is 2.00 bits per heavy atom. The topological polar surface area (TPSA) is 58.4 Å². The molecule has 0 aromatic rings. The Balaban J connectivity index is 0.00000225. The van der Waals surface area contributed by atoms with Gasteiger partial charge in [-0.3, -0.25) is 4.79 Å². The predicted molar refractivity (Wildman–Crippen MR) is 68.8 cm³/mol. The summed E-state index contributed by atoms with van der Waals surface area (Å²) in [5.74, 6) is 0.0713. The Morgan fingerprint density at radius 3 is 2.56 bits per heavy atom. The summed E-state index contributed by atoms with van der Waals surface area (Å²) < 4.78 is 0. The van der Waals surface area contributed by atoms with Crippen LogP contribution in [0.3, 0.4) is 0 Å². The fraction of sp³-hybridized carbons (Fsp3) is 0.909. The van der Waals surface area contributed by atoms with Crippen LogP contribution in [0.2, 0.25) is 0 Å². The van der Waals surface area contributed by atoms with Gasteiger partial charge in [0.25, 0.3) is 0 Å². The molecule has 1 fully saturated rings. The molecule has 1 saturated heterocycles. The summed E-state index contributed by atoms with van der Waals surface area (Å²) in [6.07, 6.45) is 4.38. The molecule has 1 aliphatic rings. The fourth-order valence-electron chi connectivity index (χ4n) is 2.05. The van der Waals surface area contributed by atoms with E-state index in [0.29, 0.717) is 13.0 Å². The number of nitrogens with zero attached hydrogens (tertiary/aromatic N) is 1. The van der Waals surface area contributed by atoms with Gasteiger partial charge in [-0.15, -0.1) is 12.4 Å². The molecule has 1 heterocycles. The quantitative estimate of drug-likeness (QED) is 0.756. The van der Waals surface area contributed by atoms with E-state index < -0.39 is 0 Å². The molecule has 0 aliphatic carbocycles. The number of carbonyl (C=O) groups is 1. The molecule has 1 aliphatic heterocycles. The largest absolute Gasteiger partial charge is 0.352 e. The van der Waals surface area contributed by atoms with Crippen LogP contribution in [0.4, 0.5) is 0 Å². The maximum absolute atomic E-state index is 11.3. The highest BCUT2D eigenvalue weighted by Gasteiger charge is 2.14. The van der Waals surface area contributed by atoms with Crippen molar-refractivity contribution in [2.45, 2.75) is 38.6 Å². The third-order valence-electron chi connectivity index (χ3n) is 2.76. The van der Waals surface area contributed by atoms with Gasteiger partial charge < -0.3 is 16.0 Å². The van der Waals surface area contributed by atoms with Crippen molar-refractivity contribution in [2.75, 3.05) is 26.2 Å². The van der Waals surface area contributed by atoms with Crippen LogP contribution in [0.15, 0.2) is 0 Å². The van der Waals surface area contributed by atoms with E-state index in [2.05, 4.69) is 17.1 Å². The number of hydrogen-bond donors (Lipinski definition) is 2. The van der Waals surface area contributed by atoms with Crippen LogP contribution in [0, 0.1) is 0 Å². The number of hydrogen-bond acceptors (Lipinski definition) is 3. The number of carbonyl (C=O) groups excluding carboxylic acids is 1. The lowest BCUT2D eigenvalue weighted by Crippen LogP contribution is -2.44. The summed E-state index contributed by atoms with van der Waals surface area (Å²) in [7, 11) is 0. The number of likely N-dealkylation sites (tertiary alicyclic amines) is 1. The minimum absolute atomic E-state index is 0. The van der Waals surface area contributed by atoms with E-state index >= 15 is 0 Å². The van der Waals surface area contributed by atoms with Gasteiger partial charge in [0.15, 0.2) is 0 Å². The van der Waals surface area contributed by atoms with E-state index in [0.717, 1.165) is 6.54 Å². The minimum Gasteiger partial charge on any atom is -0.352 e. The maximum atomic E-state index is 11.3. The number of halogens is 1. The van der Waals surface area contributed by atoms with Gasteiger partial charge >= 0.3 is 0 Å². The monoisotopic (exact) mass is 249 g/mol. The van der Waals surface area contributed by atoms with Gasteiger partial charge in [-0.05, 0) is 32.9 Å². The fourth-order valence-corrected chi connectivity index (χ4v) is 2.05. The second kappa shape index (κ2) is 8.79. The number of amides is 1. The lowest BCUT2D eigenvalue weighted by Gasteiger charge is -2.29.